The molecule has 2 amide bonds. The minimum Gasteiger partial charge on any atom is -0.355 e. The monoisotopic (exact) mass is 470 g/mol. The Labute approximate surface area is 200 Å². The van der Waals surface area contributed by atoms with Gasteiger partial charge < -0.3 is 15.1 Å². The van der Waals surface area contributed by atoms with Crippen LogP contribution in [0.2, 0.25) is 0 Å². The number of hydrogen-bond acceptors (Lipinski definition) is 6. The van der Waals surface area contributed by atoms with Crippen molar-refractivity contribution < 1.29 is 9.59 Å². The van der Waals surface area contributed by atoms with Gasteiger partial charge in [0.25, 0.3) is 0 Å². The highest BCUT2D eigenvalue weighted by Crippen LogP contribution is 2.39. The fourth-order valence-corrected chi connectivity index (χ4v) is 5.50. The molecule has 1 fully saturated rings. The largest absolute Gasteiger partial charge is 0.355 e. The van der Waals surface area contributed by atoms with Crippen LogP contribution < -0.4 is 10.2 Å². The van der Waals surface area contributed by atoms with Crippen LogP contribution >= 0.6 is 11.8 Å². The van der Waals surface area contributed by atoms with Crippen molar-refractivity contribution in [2.75, 3.05) is 63.0 Å². The summed E-state index contributed by atoms with van der Waals surface area (Å²) >= 11 is 1.53. The maximum absolute atomic E-state index is 12.7. The predicted octanol–water partition coefficient (Wildman–Crippen LogP) is 2.15. The van der Waals surface area contributed by atoms with E-state index in [1.54, 1.807) is 0 Å². The Morgan fingerprint density at radius 3 is 2.55 bits per heavy atom. The van der Waals surface area contributed by atoms with Gasteiger partial charge in [0.05, 0.1) is 22.8 Å². The van der Waals surface area contributed by atoms with Gasteiger partial charge in [0.2, 0.25) is 11.8 Å². The van der Waals surface area contributed by atoms with E-state index in [-0.39, 0.29) is 11.8 Å². The molecule has 8 nitrogen and oxygen atoms in total. The van der Waals surface area contributed by atoms with Crippen LogP contribution in [0.15, 0.2) is 35.4 Å². The second kappa shape index (κ2) is 11.2. The summed E-state index contributed by atoms with van der Waals surface area (Å²) in [6.45, 7) is 11.7. The van der Waals surface area contributed by atoms with Crippen molar-refractivity contribution in [1.29, 1.82) is 0 Å². The summed E-state index contributed by atoms with van der Waals surface area (Å²) in [6.07, 6.45) is 1.05. The van der Waals surface area contributed by atoms with Crippen LogP contribution in [0.25, 0.3) is 5.69 Å². The lowest BCUT2D eigenvalue weighted by Gasteiger charge is -2.33. The zero-order valence-corrected chi connectivity index (χ0v) is 20.4. The van der Waals surface area contributed by atoms with E-state index in [4.69, 9.17) is 5.10 Å². The van der Waals surface area contributed by atoms with Crippen molar-refractivity contribution in [3.8, 4) is 5.69 Å². The molecule has 1 N–H and O–H groups in total. The van der Waals surface area contributed by atoms with Crippen LogP contribution in [0.1, 0.15) is 25.5 Å². The molecule has 2 aliphatic rings. The molecule has 0 aliphatic carbocycles. The summed E-state index contributed by atoms with van der Waals surface area (Å²) in [5.41, 5.74) is 2.70. The molecule has 1 saturated heterocycles. The molecule has 4 rings (SSSR count). The van der Waals surface area contributed by atoms with Gasteiger partial charge >= 0.3 is 0 Å². The SMILES string of the molecule is CCN1CCN(CCNC(=O)CCCN2C(=O)CSc3c2c(C)nn3-c2ccccc2)CC1. The molecule has 3 heterocycles. The molecule has 9 heteroatoms. The maximum Gasteiger partial charge on any atom is 0.237 e. The molecule has 0 spiro atoms. The average Bonchev–Trinajstić information content (AvgIpc) is 3.18. The van der Waals surface area contributed by atoms with E-state index < -0.39 is 0 Å². The van der Waals surface area contributed by atoms with Crippen LogP contribution in [0.4, 0.5) is 5.69 Å². The number of benzene rings is 1. The number of nitrogens with one attached hydrogen (secondary N) is 1. The number of anilines is 1. The first-order valence-electron chi connectivity index (χ1n) is 11.9. The number of aryl methyl sites for hydroxylation is 1. The quantitative estimate of drug-likeness (QED) is 0.606. The fourth-order valence-electron chi connectivity index (χ4n) is 4.42. The lowest BCUT2D eigenvalue weighted by molar-refractivity contribution is -0.121. The Bertz CT molecular complexity index is 955. The number of thioether (sulfide) groups is 1. The van der Waals surface area contributed by atoms with Gasteiger partial charge in [-0.25, -0.2) is 4.68 Å². The van der Waals surface area contributed by atoms with E-state index in [9.17, 15) is 9.59 Å². The van der Waals surface area contributed by atoms with E-state index in [1.165, 1.54) is 11.8 Å². The lowest BCUT2D eigenvalue weighted by atomic mass is 10.2. The molecular weight excluding hydrogens is 436 g/mol. The normalized spacial score (nSPS) is 17.3. The zero-order chi connectivity index (χ0) is 23.2. The summed E-state index contributed by atoms with van der Waals surface area (Å²) in [5, 5.41) is 8.73. The Hall–Kier alpha value is -2.36. The first kappa shape index (κ1) is 23.8. The van der Waals surface area contributed by atoms with E-state index >= 15 is 0 Å². The Morgan fingerprint density at radius 1 is 1.09 bits per heavy atom. The molecule has 33 heavy (non-hydrogen) atoms. The van der Waals surface area contributed by atoms with E-state index in [1.807, 2.05) is 46.8 Å². The van der Waals surface area contributed by atoms with Gasteiger partial charge in [0.15, 0.2) is 0 Å². The number of para-hydroxylation sites is 1. The van der Waals surface area contributed by atoms with Crippen LogP contribution in [0.5, 0.6) is 0 Å². The summed E-state index contributed by atoms with van der Waals surface area (Å²) in [5.74, 6) is 0.524. The minimum atomic E-state index is 0.0537. The lowest BCUT2D eigenvalue weighted by Crippen LogP contribution is -2.48. The fraction of sp³-hybridized carbons (Fsp3) is 0.542. The number of hydrogen-bond donors (Lipinski definition) is 1. The topological polar surface area (TPSA) is 73.7 Å². The molecule has 2 aliphatic heterocycles. The smallest absolute Gasteiger partial charge is 0.237 e. The maximum atomic E-state index is 12.7. The summed E-state index contributed by atoms with van der Waals surface area (Å²) in [4.78, 5) is 31.7. The molecule has 1 aromatic heterocycles. The Kier molecular flexibility index (Phi) is 8.06. The van der Waals surface area contributed by atoms with Crippen LogP contribution in [-0.4, -0.2) is 89.5 Å². The third kappa shape index (κ3) is 5.77. The molecule has 0 atom stereocenters. The van der Waals surface area contributed by atoms with Gasteiger partial charge in [-0.15, -0.1) is 0 Å². The Balaban J connectivity index is 1.27. The average molecular weight is 471 g/mol. The van der Waals surface area contributed by atoms with Crippen LogP contribution in [-0.2, 0) is 9.59 Å². The standard InChI is InChI=1S/C24H34N6O2S/c1-3-27-14-16-28(17-15-27)13-11-25-21(31)10-7-12-29-22(32)18-33-24-23(29)19(2)26-30(24)20-8-5-4-6-9-20/h4-6,8-9H,3,7,10-18H2,1-2H3,(H,25,31). The summed E-state index contributed by atoms with van der Waals surface area (Å²) in [6, 6.07) is 9.98. The van der Waals surface area contributed by atoms with Crippen LogP contribution in [0, 0.1) is 6.92 Å². The second-order valence-electron chi connectivity index (χ2n) is 8.55. The van der Waals surface area contributed by atoms with Gasteiger partial charge in [-0.05, 0) is 32.0 Å². The number of carbonyl (C=O) groups is 2. The van der Waals surface area contributed by atoms with Crippen LogP contribution in [0.3, 0.4) is 0 Å². The number of aromatic nitrogens is 2. The number of fused-ring (bicyclic) bond motifs is 1. The van der Waals surface area contributed by atoms with Crippen molar-refractivity contribution in [3.63, 3.8) is 0 Å². The number of carbonyl (C=O) groups excluding carboxylic acids is 2. The van der Waals surface area contributed by atoms with Crippen molar-refractivity contribution >= 4 is 29.3 Å². The highest BCUT2D eigenvalue weighted by Gasteiger charge is 2.31. The Morgan fingerprint density at radius 2 is 1.82 bits per heavy atom. The summed E-state index contributed by atoms with van der Waals surface area (Å²) < 4.78 is 1.92. The number of amides is 2. The highest BCUT2D eigenvalue weighted by atomic mass is 32.2. The first-order chi connectivity index (χ1) is 16.1. The molecule has 0 saturated carbocycles. The molecule has 178 valence electrons. The van der Waals surface area contributed by atoms with Crippen molar-refractivity contribution in [2.24, 2.45) is 0 Å². The third-order valence-electron chi connectivity index (χ3n) is 6.34. The minimum absolute atomic E-state index is 0.0537. The number of piperazine rings is 1. The van der Waals surface area contributed by atoms with Crippen molar-refractivity contribution in [2.45, 2.75) is 31.7 Å². The van der Waals surface area contributed by atoms with Crippen molar-refractivity contribution in [1.82, 2.24) is 24.9 Å². The number of rotatable bonds is 9. The number of nitrogens with zero attached hydrogens (tertiary/aromatic N) is 5. The molecule has 0 bridgehead atoms. The molecule has 2 aromatic rings. The molecule has 0 radical (unpaired) electrons. The number of likely N-dealkylation sites (N-methyl/N-ethyl adjacent to an activating group) is 1. The third-order valence-corrected chi connectivity index (χ3v) is 7.37. The highest BCUT2D eigenvalue weighted by molar-refractivity contribution is 8.00. The van der Waals surface area contributed by atoms with Crippen molar-refractivity contribution in [3.05, 3.63) is 36.0 Å². The van der Waals surface area contributed by atoms with E-state index in [0.717, 1.165) is 61.4 Å². The first-order valence-corrected chi connectivity index (χ1v) is 12.8. The molecule has 1 aromatic carbocycles. The molecular formula is C24H34N6O2S. The van der Waals surface area contributed by atoms with Gasteiger partial charge in [-0.3, -0.25) is 14.5 Å². The van der Waals surface area contributed by atoms with E-state index in [0.29, 0.717) is 31.7 Å². The second-order valence-corrected chi connectivity index (χ2v) is 9.51. The zero-order valence-electron chi connectivity index (χ0n) is 19.6. The predicted molar refractivity (Wildman–Crippen MR) is 132 cm³/mol. The summed E-state index contributed by atoms with van der Waals surface area (Å²) in [7, 11) is 0. The van der Waals surface area contributed by atoms with E-state index in [2.05, 4.69) is 22.0 Å². The molecule has 0 unspecified atom stereocenters. The van der Waals surface area contributed by atoms with Gasteiger partial charge in [-0.2, -0.15) is 5.10 Å². The van der Waals surface area contributed by atoms with Gasteiger partial charge in [0, 0.05) is 52.2 Å². The van der Waals surface area contributed by atoms with Gasteiger partial charge in [0.1, 0.15) is 5.03 Å². The van der Waals surface area contributed by atoms with Gasteiger partial charge in [-0.1, -0.05) is 36.9 Å².